The summed E-state index contributed by atoms with van der Waals surface area (Å²) in [5.74, 6) is 0. The summed E-state index contributed by atoms with van der Waals surface area (Å²) < 4.78 is 0. The minimum Gasteiger partial charge on any atom is -0.402 e. The maximum absolute atomic E-state index is 7.17. The van der Waals surface area contributed by atoms with E-state index in [2.05, 4.69) is 0 Å². The summed E-state index contributed by atoms with van der Waals surface area (Å²) in [6.07, 6.45) is 0. The molecule has 9 heteroatoms. The number of rotatable bonds is 0. The maximum atomic E-state index is 7.17. The standard InChI is InChI=1S/2BH3O3.Sr/c2*2-1(3)4;/h2*2-4H;/q;;+2. The molecule has 0 unspecified atom stereocenters. The van der Waals surface area contributed by atoms with Gasteiger partial charge >= 0.3 is 60.1 Å². The van der Waals surface area contributed by atoms with Crippen molar-refractivity contribution in [1.82, 2.24) is 0 Å². The first-order chi connectivity index (χ1) is 3.46. The van der Waals surface area contributed by atoms with Gasteiger partial charge in [-0.3, -0.25) is 0 Å². The molecule has 0 aromatic carbocycles. The molecule has 0 aliphatic carbocycles. The predicted molar refractivity (Wildman–Crippen MR) is 30.6 cm³/mol. The number of hydrogen-bond acceptors (Lipinski definition) is 6. The molecule has 0 spiro atoms. The van der Waals surface area contributed by atoms with Gasteiger partial charge in [-0.25, -0.2) is 0 Å². The van der Waals surface area contributed by atoms with Crippen molar-refractivity contribution in [3.63, 3.8) is 0 Å². The van der Waals surface area contributed by atoms with Crippen molar-refractivity contribution >= 4 is 60.1 Å². The van der Waals surface area contributed by atoms with E-state index in [1.165, 1.54) is 0 Å². The van der Waals surface area contributed by atoms with Crippen molar-refractivity contribution in [2.45, 2.75) is 0 Å². The third kappa shape index (κ3) is 271. The van der Waals surface area contributed by atoms with Gasteiger partial charge in [0.05, 0.1) is 0 Å². The van der Waals surface area contributed by atoms with Crippen LogP contribution in [-0.2, 0) is 0 Å². The van der Waals surface area contributed by atoms with Crippen molar-refractivity contribution in [2.75, 3.05) is 0 Å². The summed E-state index contributed by atoms with van der Waals surface area (Å²) in [4.78, 5) is 0. The molecule has 0 bridgehead atoms. The second-order valence-electron chi connectivity index (χ2n) is 0.693. The van der Waals surface area contributed by atoms with Crippen LogP contribution in [-0.4, -0.2) is 90.3 Å². The fraction of sp³-hybridized carbons (Fsp3) is 0. The molecule has 0 rings (SSSR count). The Balaban J connectivity index is -0.0000000720. The van der Waals surface area contributed by atoms with Gasteiger partial charge < -0.3 is 30.1 Å². The van der Waals surface area contributed by atoms with Gasteiger partial charge in [-0.15, -0.1) is 0 Å². The van der Waals surface area contributed by atoms with Crippen LogP contribution in [0.2, 0.25) is 0 Å². The van der Waals surface area contributed by atoms with Crippen LogP contribution in [0.1, 0.15) is 0 Å². The second kappa shape index (κ2) is 12.1. The smallest absolute Gasteiger partial charge is 0.402 e. The molecule has 0 aromatic rings. The molecule has 9 heavy (non-hydrogen) atoms. The SMILES string of the molecule is OB(O)O.OB(O)O.[Sr+2]. The molecule has 0 aromatic heterocycles. The molecular weight excluding hydrogens is 205 g/mol. The Labute approximate surface area is 89.4 Å². The van der Waals surface area contributed by atoms with Crippen LogP contribution >= 0.6 is 0 Å². The first-order valence-electron chi connectivity index (χ1n) is 1.55. The fourth-order valence-corrected chi connectivity index (χ4v) is 0. The van der Waals surface area contributed by atoms with Crippen molar-refractivity contribution in [1.29, 1.82) is 0 Å². The Morgan fingerprint density at radius 1 is 0.556 bits per heavy atom. The Hall–Kier alpha value is 1.37. The zero-order chi connectivity index (χ0) is 7.15. The molecule has 6 N–H and O–H groups in total. The molecule has 0 saturated carbocycles. The van der Waals surface area contributed by atoms with Crippen molar-refractivity contribution in [3.05, 3.63) is 0 Å². The summed E-state index contributed by atoms with van der Waals surface area (Å²) in [5, 5.41) is 43.0. The average molecular weight is 211 g/mol. The Morgan fingerprint density at radius 3 is 0.556 bits per heavy atom. The molecule has 6 nitrogen and oxygen atoms in total. The molecule has 0 fully saturated rings. The predicted octanol–water partition coefficient (Wildman–Crippen LogP) is -4.48. The topological polar surface area (TPSA) is 121 Å². The van der Waals surface area contributed by atoms with E-state index in [0.717, 1.165) is 0 Å². The van der Waals surface area contributed by atoms with Gasteiger partial charge in [0, 0.05) is 0 Å². The van der Waals surface area contributed by atoms with E-state index in [9.17, 15) is 0 Å². The summed E-state index contributed by atoms with van der Waals surface area (Å²) in [5.41, 5.74) is 0. The zero-order valence-electron chi connectivity index (χ0n) is 4.55. The van der Waals surface area contributed by atoms with E-state index in [1.807, 2.05) is 0 Å². The van der Waals surface area contributed by atoms with E-state index in [1.54, 1.807) is 0 Å². The second-order valence-corrected chi connectivity index (χ2v) is 0.693. The third-order valence-electron chi connectivity index (χ3n) is 0. The van der Waals surface area contributed by atoms with Crippen LogP contribution in [0.25, 0.3) is 0 Å². The first-order valence-corrected chi connectivity index (χ1v) is 1.55. The number of hydrogen-bond donors (Lipinski definition) is 6. The van der Waals surface area contributed by atoms with Gasteiger partial charge in [-0.05, 0) is 0 Å². The van der Waals surface area contributed by atoms with E-state index in [-0.39, 0.29) is 45.5 Å². The van der Waals surface area contributed by atoms with Crippen LogP contribution < -0.4 is 0 Å². The van der Waals surface area contributed by atoms with Gasteiger partial charge in [-0.2, -0.15) is 0 Å². The molecule has 0 aliphatic rings. The quantitative estimate of drug-likeness (QED) is 0.225. The molecule has 48 valence electrons. The van der Waals surface area contributed by atoms with Gasteiger partial charge in [0.1, 0.15) is 0 Å². The van der Waals surface area contributed by atoms with Crippen molar-refractivity contribution in [2.24, 2.45) is 0 Å². The van der Waals surface area contributed by atoms with Crippen LogP contribution in [0.5, 0.6) is 0 Å². The fourth-order valence-electron chi connectivity index (χ4n) is 0. The van der Waals surface area contributed by atoms with Crippen molar-refractivity contribution in [3.8, 4) is 0 Å². The van der Waals surface area contributed by atoms with Gasteiger partial charge in [0.2, 0.25) is 0 Å². The van der Waals surface area contributed by atoms with E-state index in [0.29, 0.717) is 0 Å². The van der Waals surface area contributed by atoms with Crippen LogP contribution in [0.4, 0.5) is 0 Å². The van der Waals surface area contributed by atoms with E-state index >= 15 is 0 Å². The Bertz CT molecular complexity index is 26.5. The molecule has 0 saturated heterocycles. The molecule has 0 radical (unpaired) electrons. The Kier molecular flexibility index (Phi) is 22.5. The third-order valence-corrected chi connectivity index (χ3v) is 0. The molecule has 0 heterocycles. The van der Waals surface area contributed by atoms with Crippen LogP contribution in [0.3, 0.4) is 0 Å². The monoisotopic (exact) mass is 212 g/mol. The van der Waals surface area contributed by atoms with E-state index < -0.39 is 14.6 Å². The largest absolute Gasteiger partial charge is 2.00 e. The average Bonchev–Trinajstić information content (AvgIpc) is 1.25. The summed E-state index contributed by atoms with van der Waals surface area (Å²) >= 11 is 0. The minimum atomic E-state index is -2.17. The van der Waals surface area contributed by atoms with Crippen LogP contribution in [0, 0.1) is 0 Å². The molecule has 0 amide bonds. The summed E-state index contributed by atoms with van der Waals surface area (Å²) in [6, 6.07) is 0. The minimum absolute atomic E-state index is 0. The Morgan fingerprint density at radius 2 is 0.556 bits per heavy atom. The van der Waals surface area contributed by atoms with Crippen LogP contribution in [0.15, 0.2) is 0 Å². The first kappa shape index (κ1) is 16.8. The molecular formula is H6B2O6Sr+2. The normalized spacial score (nSPS) is 6.00. The summed E-state index contributed by atoms with van der Waals surface area (Å²) in [7, 11) is -4.33. The van der Waals surface area contributed by atoms with Gasteiger partial charge in [-0.1, -0.05) is 0 Å². The molecule has 0 atom stereocenters. The van der Waals surface area contributed by atoms with E-state index in [4.69, 9.17) is 30.1 Å². The van der Waals surface area contributed by atoms with Crippen molar-refractivity contribution < 1.29 is 30.1 Å². The summed E-state index contributed by atoms with van der Waals surface area (Å²) in [6.45, 7) is 0. The van der Waals surface area contributed by atoms with Gasteiger partial charge in [0.25, 0.3) is 0 Å². The molecule has 0 aliphatic heterocycles. The van der Waals surface area contributed by atoms with Gasteiger partial charge in [0.15, 0.2) is 0 Å². The maximum Gasteiger partial charge on any atom is 2.00 e. The zero-order valence-corrected chi connectivity index (χ0v) is 8.02.